The van der Waals surface area contributed by atoms with Crippen molar-refractivity contribution in [2.24, 2.45) is 0 Å². The van der Waals surface area contributed by atoms with Gasteiger partial charge in [0.25, 0.3) is 5.91 Å². The van der Waals surface area contributed by atoms with Gasteiger partial charge in [0.05, 0.1) is 23.3 Å². The minimum Gasteiger partial charge on any atom is -0.379 e. The zero-order valence-electron chi connectivity index (χ0n) is 15.5. The molecule has 0 saturated carbocycles. The molecule has 1 aliphatic heterocycles. The van der Waals surface area contributed by atoms with Crippen LogP contribution < -0.4 is 0 Å². The average molecular weight is 407 g/mol. The summed E-state index contributed by atoms with van der Waals surface area (Å²) in [5, 5.41) is 1.02. The maximum Gasteiger partial charge on any atom is 0.254 e. The molecule has 0 unspecified atom stereocenters. The van der Waals surface area contributed by atoms with Gasteiger partial charge in [-0.2, -0.15) is 0 Å². The summed E-state index contributed by atoms with van der Waals surface area (Å²) in [5.74, 6) is 0.0207. The number of carbonyl (C=O) groups excluding carboxylic acids is 1. The van der Waals surface area contributed by atoms with E-state index in [0.717, 1.165) is 44.0 Å². The van der Waals surface area contributed by atoms with Gasteiger partial charge in [-0.05, 0) is 42.3 Å². The highest BCUT2D eigenvalue weighted by molar-refractivity contribution is 6.42. The molecule has 0 aliphatic carbocycles. The van der Waals surface area contributed by atoms with Crippen LogP contribution in [0.15, 0.2) is 42.5 Å². The minimum atomic E-state index is 0.0207. The lowest BCUT2D eigenvalue weighted by Gasteiger charge is -2.27. The van der Waals surface area contributed by atoms with E-state index in [1.54, 1.807) is 6.07 Å². The van der Waals surface area contributed by atoms with Crippen molar-refractivity contribution in [3.05, 3.63) is 69.2 Å². The molecule has 1 fully saturated rings. The molecular weight excluding hydrogens is 383 g/mol. The standard InChI is InChI=1S/C21H24Cl2N2O2/c1-2-25(15-17-6-7-19(22)20(23)13-17)21(26)18-5-3-4-16(12-18)14-24-8-10-27-11-9-24/h3-7,12-13H,2,8-11,14-15H2,1H3. The summed E-state index contributed by atoms with van der Waals surface area (Å²) in [4.78, 5) is 17.2. The number of nitrogens with zero attached hydrogens (tertiary/aromatic N) is 2. The molecular formula is C21H24Cl2N2O2. The summed E-state index contributed by atoms with van der Waals surface area (Å²) in [6, 6.07) is 13.4. The van der Waals surface area contributed by atoms with Crippen molar-refractivity contribution in [3.8, 4) is 0 Å². The predicted octanol–water partition coefficient (Wildman–Crippen LogP) is 4.49. The van der Waals surface area contributed by atoms with E-state index in [9.17, 15) is 4.79 Å². The molecule has 1 saturated heterocycles. The van der Waals surface area contributed by atoms with Gasteiger partial charge in [0.2, 0.25) is 0 Å². The lowest BCUT2D eigenvalue weighted by atomic mass is 10.1. The van der Waals surface area contributed by atoms with Crippen molar-refractivity contribution in [1.82, 2.24) is 9.80 Å². The molecule has 1 amide bonds. The Morgan fingerprint density at radius 1 is 1.07 bits per heavy atom. The van der Waals surface area contributed by atoms with Crippen LogP contribution in [0.4, 0.5) is 0 Å². The lowest BCUT2D eigenvalue weighted by Crippen LogP contribution is -2.35. The van der Waals surface area contributed by atoms with Crippen LogP contribution in [0, 0.1) is 0 Å². The normalized spacial score (nSPS) is 14.9. The summed E-state index contributed by atoms with van der Waals surface area (Å²) in [6.07, 6.45) is 0. The van der Waals surface area contributed by atoms with Crippen molar-refractivity contribution in [1.29, 1.82) is 0 Å². The Balaban J connectivity index is 1.70. The second-order valence-electron chi connectivity index (χ2n) is 6.66. The first kappa shape index (κ1) is 20.2. The molecule has 1 aliphatic rings. The number of hydrogen-bond acceptors (Lipinski definition) is 3. The second kappa shape index (κ2) is 9.56. The molecule has 4 nitrogen and oxygen atoms in total. The zero-order valence-corrected chi connectivity index (χ0v) is 17.0. The Morgan fingerprint density at radius 3 is 2.56 bits per heavy atom. The third kappa shape index (κ3) is 5.45. The summed E-state index contributed by atoms with van der Waals surface area (Å²) >= 11 is 12.1. The summed E-state index contributed by atoms with van der Waals surface area (Å²) in [7, 11) is 0. The van der Waals surface area contributed by atoms with Crippen LogP contribution in [0.1, 0.15) is 28.4 Å². The lowest BCUT2D eigenvalue weighted by molar-refractivity contribution is 0.0341. The van der Waals surface area contributed by atoms with E-state index in [1.807, 2.05) is 42.2 Å². The average Bonchev–Trinajstić information content (AvgIpc) is 2.69. The SMILES string of the molecule is CCN(Cc1ccc(Cl)c(Cl)c1)C(=O)c1cccc(CN2CCOCC2)c1. The highest BCUT2D eigenvalue weighted by atomic mass is 35.5. The number of morpholine rings is 1. The number of rotatable bonds is 6. The molecule has 0 radical (unpaired) electrons. The van der Waals surface area contributed by atoms with E-state index in [2.05, 4.69) is 11.0 Å². The molecule has 0 bridgehead atoms. The van der Waals surface area contributed by atoms with Crippen molar-refractivity contribution in [3.63, 3.8) is 0 Å². The molecule has 0 aromatic heterocycles. The van der Waals surface area contributed by atoms with Crippen LogP contribution >= 0.6 is 23.2 Å². The van der Waals surface area contributed by atoms with Gasteiger partial charge in [-0.1, -0.05) is 41.4 Å². The first-order valence-electron chi connectivity index (χ1n) is 9.19. The van der Waals surface area contributed by atoms with Crippen LogP contribution in [0.2, 0.25) is 10.0 Å². The fourth-order valence-corrected chi connectivity index (χ4v) is 3.51. The van der Waals surface area contributed by atoms with Crippen molar-refractivity contribution < 1.29 is 9.53 Å². The molecule has 6 heteroatoms. The van der Waals surface area contributed by atoms with Crippen molar-refractivity contribution in [2.75, 3.05) is 32.8 Å². The van der Waals surface area contributed by atoms with Crippen LogP contribution in [0.5, 0.6) is 0 Å². The van der Waals surface area contributed by atoms with Crippen molar-refractivity contribution in [2.45, 2.75) is 20.0 Å². The monoisotopic (exact) mass is 406 g/mol. The van der Waals surface area contributed by atoms with Gasteiger partial charge in [-0.15, -0.1) is 0 Å². The highest BCUT2D eigenvalue weighted by Crippen LogP contribution is 2.23. The highest BCUT2D eigenvalue weighted by Gasteiger charge is 2.17. The topological polar surface area (TPSA) is 32.8 Å². The number of ether oxygens (including phenoxy) is 1. The van der Waals surface area contributed by atoms with Gasteiger partial charge in [0, 0.05) is 38.3 Å². The smallest absolute Gasteiger partial charge is 0.254 e. The number of carbonyl (C=O) groups is 1. The number of benzene rings is 2. The largest absolute Gasteiger partial charge is 0.379 e. The Labute approximate surface area is 170 Å². The van der Waals surface area contributed by atoms with E-state index in [4.69, 9.17) is 27.9 Å². The maximum absolute atomic E-state index is 13.0. The molecule has 0 N–H and O–H groups in total. The van der Waals surface area contributed by atoms with Gasteiger partial charge in [0.15, 0.2) is 0 Å². The predicted molar refractivity (Wildman–Crippen MR) is 109 cm³/mol. The van der Waals surface area contributed by atoms with Crippen LogP contribution in [0.3, 0.4) is 0 Å². The van der Waals surface area contributed by atoms with Gasteiger partial charge >= 0.3 is 0 Å². The third-order valence-corrected chi connectivity index (χ3v) is 5.45. The van der Waals surface area contributed by atoms with Gasteiger partial charge in [-0.3, -0.25) is 9.69 Å². The number of halogens is 2. The van der Waals surface area contributed by atoms with Gasteiger partial charge in [0.1, 0.15) is 0 Å². The Kier molecular flexibility index (Phi) is 7.13. The van der Waals surface area contributed by atoms with E-state index in [0.29, 0.717) is 28.7 Å². The Bertz CT molecular complexity index is 792. The summed E-state index contributed by atoms with van der Waals surface area (Å²) in [6.45, 7) is 7.33. The number of hydrogen-bond donors (Lipinski definition) is 0. The second-order valence-corrected chi connectivity index (χ2v) is 7.47. The zero-order chi connectivity index (χ0) is 19.2. The first-order chi connectivity index (χ1) is 13.1. The fourth-order valence-electron chi connectivity index (χ4n) is 3.19. The maximum atomic E-state index is 13.0. The Hall–Kier alpha value is -1.59. The van der Waals surface area contributed by atoms with Crippen LogP contribution in [-0.4, -0.2) is 48.6 Å². The molecule has 0 atom stereocenters. The van der Waals surface area contributed by atoms with Gasteiger partial charge in [-0.25, -0.2) is 0 Å². The Morgan fingerprint density at radius 2 is 1.85 bits per heavy atom. The van der Waals surface area contributed by atoms with Gasteiger partial charge < -0.3 is 9.64 Å². The quantitative estimate of drug-likeness (QED) is 0.708. The van der Waals surface area contributed by atoms with E-state index < -0.39 is 0 Å². The minimum absolute atomic E-state index is 0.0207. The first-order valence-corrected chi connectivity index (χ1v) is 9.94. The molecule has 2 aromatic carbocycles. The van der Waals surface area contributed by atoms with E-state index in [-0.39, 0.29) is 5.91 Å². The molecule has 3 rings (SSSR count). The van der Waals surface area contributed by atoms with Crippen LogP contribution in [-0.2, 0) is 17.8 Å². The van der Waals surface area contributed by atoms with E-state index in [1.165, 1.54) is 0 Å². The molecule has 144 valence electrons. The summed E-state index contributed by atoms with van der Waals surface area (Å²) < 4.78 is 5.40. The molecule has 1 heterocycles. The van der Waals surface area contributed by atoms with Crippen molar-refractivity contribution >= 4 is 29.1 Å². The summed E-state index contributed by atoms with van der Waals surface area (Å²) in [5.41, 5.74) is 2.82. The number of amides is 1. The molecule has 2 aromatic rings. The van der Waals surface area contributed by atoms with Crippen LogP contribution in [0.25, 0.3) is 0 Å². The fraction of sp³-hybridized carbons (Fsp3) is 0.381. The molecule has 0 spiro atoms. The molecule has 27 heavy (non-hydrogen) atoms. The third-order valence-electron chi connectivity index (χ3n) is 4.71. The van der Waals surface area contributed by atoms with E-state index >= 15 is 0 Å².